The van der Waals surface area contributed by atoms with E-state index in [-0.39, 0.29) is 6.03 Å². The zero-order valence-electron chi connectivity index (χ0n) is 13.9. The van der Waals surface area contributed by atoms with E-state index in [1.807, 2.05) is 0 Å². The first-order valence-electron chi connectivity index (χ1n) is 8.73. The number of carboxylic acid groups (broad SMARTS) is 1. The highest BCUT2D eigenvalue weighted by atomic mass is 16.4. The monoisotopic (exact) mass is 331 g/mol. The molecule has 2 heterocycles. The van der Waals surface area contributed by atoms with Gasteiger partial charge in [-0.05, 0) is 37.3 Å². The minimum absolute atomic E-state index is 0.136. The van der Waals surface area contributed by atoms with Crippen molar-refractivity contribution in [3.63, 3.8) is 0 Å². The van der Waals surface area contributed by atoms with E-state index in [0.29, 0.717) is 26.1 Å². The van der Waals surface area contributed by atoms with Crippen LogP contribution in [0, 0.1) is 5.92 Å². The summed E-state index contributed by atoms with van der Waals surface area (Å²) in [5, 5.41) is 12.0. The summed E-state index contributed by atoms with van der Waals surface area (Å²) in [5.74, 6) is -1.23. The lowest BCUT2D eigenvalue weighted by molar-refractivity contribution is -0.143. The van der Waals surface area contributed by atoms with Gasteiger partial charge in [-0.2, -0.15) is 0 Å². The second-order valence-corrected chi connectivity index (χ2v) is 6.57. The predicted molar refractivity (Wildman–Crippen MR) is 92.3 cm³/mol. The van der Waals surface area contributed by atoms with Crippen molar-refractivity contribution in [3.8, 4) is 0 Å². The van der Waals surface area contributed by atoms with Crippen LogP contribution in [0.25, 0.3) is 0 Å². The number of para-hydroxylation sites is 1. The van der Waals surface area contributed by atoms with Crippen LogP contribution in [0.15, 0.2) is 24.3 Å². The Morgan fingerprint density at radius 3 is 2.92 bits per heavy atom. The van der Waals surface area contributed by atoms with E-state index in [1.165, 1.54) is 11.3 Å². The fourth-order valence-electron chi connectivity index (χ4n) is 3.58. The van der Waals surface area contributed by atoms with Crippen LogP contribution in [0.4, 0.5) is 10.5 Å². The molecular weight excluding hydrogens is 306 g/mol. The Kier molecular flexibility index (Phi) is 5.23. The molecule has 1 aromatic carbocycles. The number of likely N-dealkylation sites (tertiary alicyclic amines) is 1. The normalized spacial score (nSPS) is 19.9. The number of hydrogen-bond acceptors (Lipinski definition) is 3. The predicted octanol–water partition coefficient (Wildman–Crippen LogP) is 1.95. The Balaban J connectivity index is 1.39. The van der Waals surface area contributed by atoms with E-state index >= 15 is 0 Å². The first-order chi connectivity index (χ1) is 11.6. The highest BCUT2D eigenvalue weighted by molar-refractivity contribution is 5.76. The van der Waals surface area contributed by atoms with Gasteiger partial charge in [-0.25, -0.2) is 4.79 Å². The maximum Gasteiger partial charge on any atom is 0.317 e. The van der Waals surface area contributed by atoms with Gasteiger partial charge in [-0.1, -0.05) is 18.2 Å². The van der Waals surface area contributed by atoms with Crippen molar-refractivity contribution in [1.82, 2.24) is 10.2 Å². The van der Waals surface area contributed by atoms with Crippen molar-refractivity contribution in [3.05, 3.63) is 29.8 Å². The zero-order chi connectivity index (χ0) is 16.9. The van der Waals surface area contributed by atoms with Crippen LogP contribution in [0.5, 0.6) is 0 Å². The summed E-state index contributed by atoms with van der Waals surface area (Å²) in [6.07, 6.45) is 3.39. The van der Waals surface area contributed by atoms with Crippen molar-refractivity contribution in [2.24, 2.45) is 5.92 Å². The number of aliphatic carboxylic acids is 1. The molecule has 2 aliphatic rings. The molecule has 0 saturated carbocycles. The van der Waals surface area contributed by atoms with E-state index < -0.39 is 11.9 Å². The van der Waals surface area contributed by atoms with Gasteiger partial charge < -0.3 is 20.2 Å². The largest absolute Gasteiger partial charge is 0.481 e. The molecule has 1 fully saturated rings. The Bertz CT molecular complexity index is 605. The van der Waals surface area contributed by atoms with Crippen molar-refractivity contribution < 1.29 is 14.7 Å². The fraction of sp³-hybridized carbons (Fsp3) is 0.556. The smallest absolute Gasteiger partial charge is 0.317 e. The first-order valence-corrected chi connectivity index (χ1v) is 8.73. The third-order valence-electron chi connectivity index (χ3n) is 4.92. The quantitative estimate of drug-likeness (QED) is 0.809. The standard InChI is InChI=1S/C18H25N3O3/c22-17(23)15-6-3-10-21(13-15)18(24)19-9-4-11-20-12-8-14-5-1-2-7-16(14)20/h1-2,5,7,15H,3-4,6,8-13H2,(H,19,24)(H,22,23). The lowest BCUT2D eigenvalue weighted by Gasteiger charge is -2.30. The number of benzene rings is 1. The van der Waals surface area contributed by atoms with Crippen LogP contribution in [0.3, 0.4) is 0 Å². The second-order valence-electron chi connectivity index (χ2n) is 6.57. The first kappa shape index (κ1) is 16.6. The molecule has 2 N–H and O–H groups in total. The molecule has 6 nitrogen and oxygen atoms in total. The van der Waals surface area contributed by atoms with Gasteiger partial charge in [-0.3, -0.25) is 4.79 Å². The molecule has 0 bridgehead atoms. The fourth-order valence-corrected chi connectivity index (χ4v) is 3.58. The highest BCUT2D eigenvalue weighted by Gasteiger charge is 2.27. The number of hydrogen-bond donors (Lipinski definition) is 2. The van der Waals surface area contributed by atoms with E-state index in [2.05, 4.69) is 34.5 Å². The summed E-state index contributed by atoms with van der Waals surface area (Å²) in [5.41, 5.74) is 2.71. The summed E-state index contributed by atoms with van der Waals surface area (Å²) in [7, 11) is 0. The van der Waals surface area contributed by atoms with Crippen molar-refractivity contribution in [1.29, 1.82) is 0 Å². The van der Waals surface area contributed by atoms with E-state index in [1.54, 1.807) is 4.90 Å². The van der Waals surface area contributed by atoms with Crippen molar-refractivity contribution in [2.45, 2.75) is 25.7 Å². The molecule has 2 aliphatic heterocycles. The van der Waals surface area contributed by atoms with Gasteiger partial charge in [-0.15, -0.1) is 0 Å². The molecule has 3 rings (SSSR count). The number of nitrogens with one attached hydrogen (secondary N) is 1. The lowest BCUT2D eigenvalue weighted by Crippen LogP contribution is -2.47. The molecule has 0 spiro atoms. The van der Waals surface area contributed by atoms with Crippen LogP contribution in [0.2, 0.25) is 0 Å². The van der Waals surface area contributed by atoms with Crippen LogP contribution >= 0.6 is 0 Å². The summed E-state index contributed by atoms with van der Waals surface area (Å²) in [6, 6.07) is 8.33. The van der Waals surface area contributed by atoms with Gasteiger partial charge in [0, 0.05) is 38.4 Å². The maximum atomic E-state index is 12.2. The van der Waals surface area contributed by atoms with E-state index in [9.17, 15) is 9.59 Å². The third kappa shape index (κ3) is 3.80. The SMILES string of the molecule is O=C(O)C1CCCN(C(=O)NCCCN2CCc3ccccc32)C1. The average Bonchev–Trinajstić information content (AvgIpc) is 3.02. The van der Waals surface area contributed by atoms with Gasteiger partial charge in [0.1, 0.15) is 0 Å². The Morgan fingerprint density at radius 1 is 1.25 bits per heavy atom. The van der Waals surface area contributed by atoms with Gasteiger partial charge in [0.15, 0.2) is 0 Å². The highest BCUT2D eigenvalue weighted by Crippen LogP contribution is 2.27. The summed E-state index contributed by atoms with van der Waals surface area (Å²) >= 11 is 0. The van der Waals surface area contributed by atoms with Crippen molar-refractivity contribution >= 4 is 17.7 Å². The summed E-state index contributed by atoms with van der Waals surface area (Å²) in [6.45, 7) is 3.55. The summed E-state index contributed by atoms with van der Waals surface area (Å²) < 4.78 is 0. The molecule has 1 atom stereocenters. The molecule has 1 aromatic rings. The molecular formula is C18H25N3O3. The Labute approximate surface area is 142 Å². The molecule has 1 saturated heterocycles. The summed E-state index contributed by atoms with van der Waals surface area (Å²) in [4.78, 5) is 27.2. The minimum atomic E-state index is -0.805. The average molecular weight is 331 g/mol. The second kappa shape index (κ2) is 7.55. The van der Waals surface area contributed by atoms with Crippen LogP contribution < -0.4 is 10.2 Å². The topological polar surface area (TPSA) is 72.9 Å². The number of piperidine rings is 1. The van der Waals surface area contributed by atoms with Crippen LogP contribution in [0.1, 0.15) is 24.8 Å². The number of urea groups is 1. The van der Waals surface area contributed by atoms with Crippen LogP contribution in [-0.2, 0) is 11.2 Å². The molecule has 1 unspecified atom stereocenters. The molecule has 6 heteroatoms. The number of carbonyl (C=O) groups is 2. The number of rotatable bonds is 5. The number of carbonyl (C=O) groups excluding carboxylic acids is 1. The number of amides is 2. The zero-order valence-corrected chi connectivity index (χ0v) is 13.9. The number of carboxylic acids is 1. The van der Waals surface area contributed by atoms with E-state index in [4.69, 9.17) is 5.11 Å². The van der Waals surface area contributed by atoms with Crippen LogP contribution in [-0.4, -0.2) is 54.7 Å². The minimum Gasteiger partial charge on any atom is -0.481 e. The molecule has 0 aliphatic carbocycles. The lowest BCUT2D eigenvalue weighted by atomic mass is 9.99. The molecule has 24 heavy (non-hydrogen) atoms. The molecule has 2 amide bonds. The maximum absolute atomic E-state index is 12.2. The van der Waals surface area contributed by atoms with Gasteiger partial charge in [0.2, 0.25) is 0 Å². The Morgan fingerprint density at radius 2 is 2.08 bits per heavy atom. The van der Waals surface area contributed by atoms with Gasteiger partial charge in [0.05, 0.1) is 5.92 Å². The Hall–Kier alpha value is -2.24. The van der Waals surface area contributed by atoms with E-state index in [0.717, 1.165) is 32.4 Å². The number of nitrogens with zero attached hydrogens (tertiary/aromatic N) is 2. The van der Waals surface area contributed by atoms with Gasteiger partial charge >= 0.3 is 12.0 Å². The number of fused-ring (bicyclic) bond motifs is 1. The third-order valence-corrected chi connectivity index (χ3v) is 4.92. The van der Waals surface area contributed by atoms with Crippen molar-refractivity contribution in [2.75, 3.05) is 37.6 Å². The molecule has 130 valence electrons. The molecule has 0 radical (unpaired) electrons. The van der Waals surface area contributed by atoms with Gasteiger partial charge in [0.25, 0.3) is 0 Å². The molecule has 0 aromatic heterocycles. The number of anilines is 1.